The molecule has 124 valence electrons. The fraction of sp³-hybridized carbons (Fsp3) is 0.0769. The highest BCUT2D eigenvalue weighted by Gasteiger charge is 2.18. The molecule has 0 aliphatic rings. The van der Waals surface area contributed by atoms with E-state index < -0.39 is 20.0 Å². The van der Waals surface area contributed by atoms with E-state index in [0.717, 1.165) is 0 Å². The largest absolute Gasteiger partial charge is 0.242 e. The molecule has 0 spiro atoms. The summed E-state index contributed by atoms with van der Waals surface area (Å²) in [5.74, 6) is 0. The van der Waals surface area contributed by atoms with Gasteiger partial charge in [0, 0.05) is 11.6 Å². The molecule has 0 aromatic heterocycles. The fourth-order valence-corrected chi connectivity index (χ4v) is 4.03. The van der Waals surface area contributed by atoms with Crippen LogP contribution in [0.25, 0.3) is 0 Å². The fourth-order valence-electron chi connectivity index (χ4n) is 1.74. The summed E-state index contributed by atoms with van der Waals surface area (Å²) in [4.78, 5) is -0.185. The van der Waals surface area contributed by atoms with E-state index in [9.17, 15) is 16.8 Å². The summed E-state index contributed by atoms with van der Waals surface area (Å²) in [6.07, 6.45) is 0. The number of hydrogen-bond donors (Lipinski definition) is 2. The average molecular weight is 395 g/mol. The number of nitrogens with one attached hydrogen (secondary N) is 1. The van der Waals surface area contributed by atoms with E-state index >= 15 is 0 Å². The van der Waals surface area contributed by atoms with E-state index in [-0.39, 0.29) is 26.4 Å². The van der Waals surface area contributed by atoms with E-state index in [1.54, 1.807) is 0 Å². The minimum absolute atomic E-state index is 0.0456. The van der Waals surface area contributed by atoms with Gasteiger partial charge in [-0.1, -0.05) is 35.3 Å². The monoisotopic (exact) mass is 394 g/mol. The summed E-state index contributed by atoms with van der Waals surface area (Å²) < 4.78 is 49.1. The highest BCUT2D eigenvalue weighted by Crippen LogP contribution is 2.25. The first-order chi connectivity index (χ1) is 10.6. The third kappa shape index (κ3) is 4.66. The molecule has 2 rings (SSSR count). The summed E-state index contributed by atoms with van der Waals surface area (Å²) in [5, 5.41) is 5.28. The van der Waals surface area contributed by atoms with Crippen molar-refractivity contribution in [2.75, 3.05) is 0 Å². The maximum absolute atomic E-state index is 12.2. The van der Waals surface area contributed by atoms with Gasteiger partial charge in [-0.3, -0.25) is 0 Å². The smallest absolute Gasteiger partial charge is 0.225 e. The van der Waals surface area contributed by atoms with Crippen molar-refractivity contribution in [3.05, 3.63) is 58.1 Å². The lowest BCUT2D eigenvalue weighted by atomic mass is 10.2. The van der Waals surface area contributed by atoms with E-state index in [0.29, 0.717) is 5.56 Å². The first-order valence-electron chi connectivity index (χ1n) is 6.16. The molecule has 0 radical (unpaired) electrons. The first kappa shape index (κ1) is 18.2. The second kappa shape index (κ2) is 6.76. The lowest BCUT2D eigenvalue weighted by molar-refractivity contribution is 0.581. The van der Waals surface area contributed by atoms with Crippen molar-refractivity contribution in [2.24, 2.45) is 5.14 Å². The van der Waals surface area contributed by atoms with Gasteiger partial charge < -0.3 is 0 Å². The Kier molecular flexibility index (Phi) is 5.34. The zero-order valence-corrected chi connectivity index (χ0v) is 14.7. The first-order valence-corrected chi connectivity index (χ1v) is 9.94. The molecule has 0 atom stereocenters. The number of benzene rings is 2. The zero-order valence-electron chi connectivity index (χ0n) is 11.5. The third-order valence-corrected chi connectivity index (χ3v) is 5.95. The SMILES string of the molecule is NS(=O)(=O)c1ccc(CNS(=O)(=O)c2cc(Cl)ccc2Cl)cc1. The van der Waals surface area contributed by atoms with Crippen LogP contribution in [0.15, 0.2) is 52.3 Å². The predicted molar refractivity (Wildman–Crippen MR) is 88.3 cm³/mol. The number of halogens is 2. The van der Waals surface area contributed by atoms with Crippen molar-refractivity contribution >= 4 is 43.2 Å². The van der Waals surface area contributed by atoms with Crippen molar-refractivity contribution in [1.82, 2.24) is 4.72 Å². The predicted octanol–water partition coefficient (Wildman–Crippen LogP) is 2.12. The van der Waals surface area contributed by atoms with Crippen molar-refractivity contribution < 1.29 is 16.8 Å². The molecule has 0 saturated carbocycles. The van der Waals surface area contributed by atoms with Crippen LogP contribution in [0.4, 0.5) is 0 Å². The van der Waals surface area contributed by atoms with Gasteiger partial charge in [-0.2, -0.15) is 0 Å². The lowest BCUT2D eigenvalue weighted by Gasteiger charge is -2.09. The van der Waals surface area contributed by atoms with Crippen LogP contribution in [-0.4, -0.2) is 16.8 Å². The van der Waals surface area contributed by atoms with Crippen LogP contribution < -0.4 is 9.86 Å². The third-order valence-electron chi connectivity index (χ3n) is 2.90. The van der Waals surface area contributed by atoms with Gasteiger partial charge in [0.25, 0.3) is 0 Å². The van der Waals surface area contributed by atoms with Crippen molar-refractivity contribution in [3.8, 4) is 0 Å². The molecule has 0 aliphatic carbocycles. The van der Waals surface area contributed by atoms with Crippen LogP contribution in [0.5, 0.6) is 0 Å². The van der Waals surface area contributed by atoms with Crippen LogP contribution in [0.1, 0.15) is 5.56 Å². The molecular formula is C13H12Cl2N2O4S2. The Morgan fingerprint density at radius 2 is 1.57 bits per heavy atom. The molecule has 0 amide bonds. The van der Waals surface area contributed by atoms with Gasteiger partial charge in [-0.05, 0) is 35.9 Å². The molecule has 0 saturated heterocycles. The zero-order chi connectivity index (χ0) is 17.3. The Morgan fingerprint density at radius 3 is 2.13 bits per heavy atom. The van der Waals surface area contributed by atoms with Crippen LogP contribution in [0, 0.1) is 0 Å². The Balaban J connectivity index is 2.18. The highest BCUT2D eigenvalue weighted by molar-refractivity contribution is 7.89. The Hall–Kier alpha value is -1.16. The van der Waals surface area contributed by atoms with Gasteiger partial charge in [0.05, 0.1) is 9.92 Å². The summed E-state index contributed by atoms with van der Waals surface area (Å²) in [7, 11) is -7.65. The number of primary sulfonamides is 1. The van der Waals surface area contributed by atoms with Crippen LogP contribution >= 0.6 is 23.2 Å². The van der Waals surface area contributed by atoms with Gasteiger partial charge in [-0.25, -0.2) is 26.7 Å². The molecule has 0 unspecified atom stereocenters. The van der Waals surface area contributed by atoms with Crippen molar-refractivity contribution in [2.45, 2.75) is 16.3 Å². The molecule has 3 N–H and O–H groups in total. The summed E-state index contributed by atoms with van der Waals surface area (Å²) >= 11 is 11.7. The van der Waals surface area contributed by atoms with E-state index in [1.165, 1.54) is 42.5 Å². The van der Waals surface area contributed by atoms with Crippen LogP contribution in [0.3, 0.4) is 0 Å². The maximum atomic E-state index is 12.2. The molecule has 2 aromatic carbocycles. The Morgan fingerprint density at radius 1 is 0.957 bits per heavy atom. The van der Waals surface area contributed by atoms with Gasteiger partial charge in [0.1, 0.15) is 4.90 Å². The van der Waals surface area contributed by atoms with Gasteiger partial charge >= 0.3 is 0 Å². The van der Waals surface area contributed by atoms with Gasteiger partial charge in [-0.15, -0.1) is 0 Å². The molecule has 23 heavy (non-hydrogen) atoms. The maximum Gasteiger partial charge on any atom is 0.242 e. The average Bonchev–Trinajstić information content (AvgIpc) is 2.47. The second-order valence-corrected chi connectivity index (χ2v) is 8.73. The molecule has 0 heterocycles. The molecule has 0 fully saturated rings. The number of rotatable bonds is 5. The molecule has 6 nitrogen and oxygen atoms in total. The molecule has 2 aromatic rings. The Labute approximate surface area is 144 Å². The summed E-state index contributed by atoms with van der Waals surface area (Å²) in [6, 6.07) is 9.63. The van der Waals surface area contributed by atoms with Crippen molar-refractivity contribution in [3.63, 3.8) is 0 Å². The molecular weight excluding hydrogens is 383 g/mol. The van der Waals surface area contributed by atoms with Crippen LogP contribution in [0.2, 0.25) is 10.0 Å². The van der Waals surface area contributed by atoms with Crippen molar-refractivity contribution in [1.29, 1.82) is 0 Å². The molecule has 10 heteroatoms. The van der Waals surface area contributed by atoms with Crippen LogP contribution in [-0.2, 0) is 26.6 Å². The highest BCUT2D eigenvalue weighted by atomic mass is 35.5. The van der Waals surface area contributed by atoms with E-state index in [2.05, 4.69) is 4.72 Å². The summed E-state index contributed by atoms with van der Waals surface area (Å²) in [6.45, 7) is -0.0456. The number of hydrogen-bond acceptors (Lipinski definition) is 4. The number of nitrogens with two attached hydrogens (primary N) is 1. The van der Waals surface area contributed by atoms with Gasteiger partial charge in [0.15, 0.2) is 0 Å². The quantitative estimate of drug-likeness (QED) is 0.809. The Bertz CT molecular complexity index is 927. The number of sulfonamides is 2. The van der Waals surface area contributed by atoms with E-state index in [4.69, 9.17) is 28.3 Å². The standard InChI is InChI=1S/C13H12Cl2N2O4S2/c14-10-3-6-12(15)13(7-10)23(20,21)17-8-9-1-4-11(5-2-9)22(16,18)19/h1-7,17H,8H2,(H2,16,18,19). The summed E-state index contributed by atoms with van der Waals surface area (Å²) in [5.41, 5.74) is 0.555. The molecule has 0 aliphatic heterocycles. The second-order valence-electron chi connectivity index (χ2n) is 4.59. The minimum atomic E-state index is -3.86. The topological polar surface area (TPSA) is 106 Å². The van der Waals surface area contributed by atoms with E-state index in [1.807, 2.05) is 0 Å². The lowest BCUT2D eigenvalue weighted by Crippen LogP contribution is -2.23. The normalized spacial score (nSPS) is 12.3. The minimum Gasteiger partial charge on any atom is -0.225 e. The van der Waals surface area contributed by atoms with Gasteiger partial charge in [0.2, 0.25) is 20.0 Å². The molecule has 0 bridgehead atoms.